The normalized spacial score (nSPS) is 10.7. The molecule has 0 bridgehead atoms. The van der Waals surface area contributed by atoms with Gasteiger partial charge in [0, 0.05) is 29.2 Å². The average Bonchev–Trinajstić information content (AvgIpc) is 2.68. The van der Waals surface area contributed by atoms with Crippen molar-refractivity contribution in [2.45, 2.75) is 11.4 Å². The van der Waals surface area contributed by atoms with Gasteiger partial charge in [0.2, 0.25) is 0 Å². The lowest BCUT2D eigenvalue weighted by Gasteiger charge is -2.10. The van der Waals surface area contributed by atoms with E-state index in [1.165, 1.54) is 0 Å². The predicted octanol–water partition coefficient (Wildman–Crippen LogP) is 4.72. The van der Waals surface area contributed by atoms with E-state index in [9.17, 15) is 0 Å². The maximum Gasteiger partial charge on any atom is 0.323 e. The largest absolute Gasteiger partial charge is 0.423 e. The third-order valence-electron chi connectivity index (χ3n) is 3.90. The van der Waals surface area contributed by atoms with E-state index in [0.717, 1.165) is 21.4 Å². The van der Waals surface area contributed by atoms with Gasteiger partial charge in [-0.2, -0.15) is 4.98 Å². The molecule has 0 aliphatic rings. The second-order valence-corrected chi connectivity index (χ2v) is 6.12. The third-order valence-corrected chi connectivity index (χ3v) is 4.33. The molecule has 0 aliphatic heterocycles. The van der Waals surface area contributed by atoms with Crippen molar-refractivity contribution in [3.05, 3.63) is 78.6 Å². The number of hydrogen-bond acceptors (Lipinski definition) is 6. The van der Waals surface area contributed by atoms with Gasteiger partial charge in [-0.05, 0) is 35.9 Å². The summed E-state index contributed by atoms with van der Waals surface area (Å²) in [4.78, 5) is 13.9. The first-order valence-corrected chi connectivity index (χ1v) is 8.60. The summed E-state index contributed by atoms with van der Waals surface area (Å²) in [7, 11) is 0. The summed E-state index contributed by atoms with van der Waals surface area (Å²) in [5.41, 5.74) is 1.96. The molecule has 0 spiro atoms. The maximum atomic E-state index is 5.89. The first-order chi connectivity index (χ1) is 12.8. The van der Waals surface area contributed by atoms with Crippen molar-refractivity contribution in [3.63, 3.8) is 0 Å². The zero-order chi connectivity index (χ0) is 17.8. The summed E-state index contributed by atoms with van der Waals surface area (Å²) in [6.07, 6.45) is 3.38. The lowest BCUT2D eigenvalue weighted by molar-refractivity contribution is 0.447. The molecule has 0 unspecified atom stereocenters. The molecule has 0 amide bonds. The summed E-state index contributed by atoms with van der Waals surface area (Å²) in [5.74, 6) is 1.36. The highest BCUT2D eigenvalue weighted by molar-refractivity contribution is 7.80. The fourth-order valence-electron chi connectivity index (χ4n) is 2.59. The molecule has 2 aromatic carbocycles. The molecular weight excluding hydrogens is 344 g/mol. The van der Waals surface area contributed by atoms with Gasteiger partial charge in [-0.15, -0.1) is 12.6 Å². The van der Waals surface area contributed by atoms with E-state index in [1.807, 2.05) is 54.6 Å². The number of anilines is 1. The van der Waals surface area contributed by atoms with Crippen molar-refractivity contribution in [1.82, 2.24) is 15.0 Å². The predicted molar refractivity (Wildman–Crippen MR) is 105 cm³/mol. The summed E-state index contributed by atoms with van der Waals surface area (Å²) in [6, 6.07) is 19.6. The van der Waals surface area contributed by atoms with Crippen molar-refractivity contribution >= 4 is 29.3 Å². The van der Waals surface area contributed by atoms with Gasteiger partial charge in [0.25, 0.3) is 0 Å². The highest BCUT2D eigenvalue weighted by atomic mass is 32.1. The molecule has 1 N–H and O–H groups in total. The minimum absolute atomic E-state index is 0.283. The van der Waals surface area contributed by atoms with Crippen molar-refractivity contribution in [1.29, 1.82) is 0 Å². The van der Waals surface area contributed by atoms with Crippen LogP contribution in [-0.4, -0.2) is 15.0 Å². The lowest BCUT2D eigenvalue weighted by atomic mass is 10.2. The zero-order valence-electron chi connectivity index (χ0n) is 13.8. The summed E-state index contributed by atoms with van der Waals surface area (Å²) in [6.45, 7) is 0.619. The first-order valence-electron chi connectivity index (χ1n) is 8.15. The van der Waals surface area contributed by atoms with Gasteiger partial charge in [0.05, 0.1) is 5.52 Å². The number of hydrogen-bond donors (Lipinski definition) is 2. The number of pyridine rings is 1. The summed E-state index contributed by atoms with van der Waals surface area (Å²) >= 11 is 4.46. The number of thiol groups is 1. The van der Waals surface area contributed by atoms with Gasteiger partial charge >= 0.3 is 6.01 Å². The molecule has 0 saturated heterocycles. The Morgan fingerprint density at radius 1 is 0.885 bits per heavy atom. The number of nitrogens with zero attached hydrogens (tertiary/aromatic N) is 3. The van der Waals surface area contributed by atoms with E-state index >= 15 is 0 Å². The maximum absolute atomic E-state index is 5.89. The van der Waals surface area contributed by atoms with Crippen molar-refractivity contribution in [2.75, 3.05) is 5.32 Å². The fourth-order valence-corrected chi connectivity index (χ4v) is 2.83. The van der Waals surface area contributed by atoms with Gasteiger partial charge in [-0.3, -0.25) is 4.98 Å². The van der Waals surface area contributed by atoms with Gasteiger partial charge < -0.3 is 10.1 Å². The molecule has 0 radical (unpaired) electrons. The monoisotopic (exact) mass is 360 g/mol. The van der Waals surface area contributed by atoms with Crippen LogP contribution in [0.1, 0.15) is 5.56 Å². The molecule has 128 valence electrons. The molecule has 6 heteroatoms. The Morgan fingerprint density at radius 3 is 2.62 bits per heavy atom. The molecule has 4 aromatic rings. The number of ether oxygens (including phenoxy) is 1. The topological polar surface area (TPSA) is 59.9 Å². The van der Waals surface area contributed by atoms with E-state index in [1.54, 1.807) is 18.5 Å². The van der Waals surface area contributed by atoms with Crippen molar-refractivity contribution in [3.8, 4) is 11.8 Å². The van der Waals surface area contributed by atoms with Crippen LogP contribution in [0, 0.1) is 0 Å². The number of rotatable bonds is 5. The fraction of sp³-hybridized carbons (Fsp3) is 0.0500. The van der Waals surface area contributed by atoms with Crippen molar-refractivity contribution in [2.24, 2.45) is 0 Å². The van der Waals surface area contributed by atoms with E-state index < -0.39 is 0 Å². The van der Waals surface area contributed by atoms with Gasteiger partial charge in [-0.1, -0.05) is 30.3 Å². The SMILES string of the molecule is Sc1ccccc1CNc1ccnc(Oc2ccnc3ccccc23)n1. The molecular formula is C20H16N4OS. The van der Waals surface area contributed by atoms with E-state index in [-0.39, 0.29) is 6.01 Å². The molecule has 0 fully saturated rings. The van der Waals surface area contributed by atoms with Crippen LogP contribution in [0.15, 0.2) is 78.0 Å². The van der Waals surface area contributed by atoms with E-state index in [2.05, 4.69) is 32.9 Å². The highest BCUT2D eigenvalue weighted by Crippen LogP contribution is 2.27. The first kappa shape index (κ1) is 16.4. The Labute approximate surface area is 156 Å². The average molecular weight is 360 g/mol. The molecule has 0 aliphatic carbocycles. The Balaban J connectivity index is 1.53. The molecule has 4 rings (SSSR count). The molecule has 0 atom stereocenters. The number of fused-ring (bicyclic) bond motifs is 1. The lowest BCUT2D eigenvalue weighted by Crippen LogP contribution is -2.03. The van der Waals surface area contributed by atoms with Crippen LogP contribution in [0.2, 0.25) is 0 Å². The van der Waals surface area contributed by atoms with Gasteiger partial charge in [0.1, 0.15) is 11.6 Å². The number of aromatic nitrogens is 3. The smallest absolute Gasteiger partial charge is 0.323 e. The quantitative estimate of drug-likeness (QED) is 0.504. The second kappa shape index (κ2) is 7.41. The molecule has 2 aromatic heterocycles. The third kappa shape index (κ3) is 3.60. The molecule has 2 heterocycles. The number of benzene rings is 2. The summed E-state index contributed by atoms with van der Waals surface area (Å²) in [5, 5.41) is 4.19. The van der Waals surface area contributed by atoms with Crippen LogP contribution in [0.4, 0.5) is 5.82 Å². The standard InChI is InChI=1S/C20H16N4OS/c26-18-8-4-1-5-14(18)13-23-19-10-12-22-20(24-19)25-17-9-11-21-16-7-3-2-6-15(16)17/h1-12,26H,13H2,(H,22,23,24). The van der Waals surface area contributed by atoms with Gasteiger partial charge in [0.15, 0.2) is 0 Å². The highest BCUT2D eigenvalue weighted by Gasteiger charge is 2.07. The van der Waals surface area contributed by atoms with Crippen LogP contribution < -0.4 is 10.1 Å². The van der Waals surface area contributed by atoms with Crippen LogP contribution >= 0.6 is 12.6 Å². The van der Waals surface area contributed by atoms with E-state index in [0.29, 0.717) is 18.1 Å². The second-order valence-electron chi connectivity index (χ2n) is 5.64. The van der Waals surface area contributed by atoms with Crippen molar-refractivity contribution < 1.29 is 4.74 Å². The van der Waals surface area contributed by atoms with Gasteiger partial charge in [-0.25, -0.2) is 4.98 Å². The Hall–Kier alpha value is -3.12. The zero-order valence-corrected chi connectivity index (χ0v) is 14.7. The minimum Gasteiger partial charge on any atom is -0.423 e. The minimum atomic E-state index is 0.283. The summed E-state index contributed by atoms with van der Waals surface area (Å²) < 4.78 is 5.89. The molecule has 5 nitrogen and oxygen atoms in total. The Morgan fingerprint density at radius 2 is 1.69 bits per heavy atom. The Kier molecular flexibility index (Phi) is 4.66. The van der Waals surface area contributed by atoms with Crippen LogP contribution in [-0.2, 0) is 6.54 Å². The molecule has 0 saturated carbocycles. The Bertz CT molecular complexity index is 1050. The number of nitrogens with one attached hydrogen (secondary N) is 1. The van der Waals surface area contributed by atoms with Crippen LogP contribution in [0.5, 0.6) is 11.8 Å². The van der Waals surface area contributed by atoms with Crippen LogP contribution in [0.3, 0.4) is 0 Å². The number of para-hydroxylation sites is 1. The molecule has 26 heavy (non-hydrogen) atoms. The van der Waals surface area contributed by atoms with Crippen LogP contribution in [0.25, 0.3) is 10.9 Å². The van der Waals surface area contributed by atoms with E-state index in [4.69, 9.17) is 4.74 Å².